The van der Waals surface area contributed by atoms with Gasteiger partial charge in [0.2, 0.25) is 29.5 Å². The van der Waals surface area contributed by atoms with Crippen LogP contribution in [-0.2, 0) is 30.4 Å². The summed E-state index contributed by atoms with van der Waals surface area (Å²) in [7, 11) is 0. The molecule has 49 heavy (non-hydrogen) atoms. The normalized spacial score (nSPS) is 12.4. The zero-order valence-corrected chi connectivity index (χ0v) is 27.7. The summed E-state index contributed by atoms with van der Waals surface area (Å²) < 4.78 is 0. The molecule has 0 radical (unpaired) electrons. The molecule has 2 aromatic rings. The van der Waals surface area contributed by atoms with Crippen LogP contribution in [0.25, 0.3) is 0 Å². The summed E-state index contributed by atoms with van der Waals surface area (Å²) in [5, 5.41) is 17.2. The van der Waals surface area contributed by atoms with Crippen molar-refractivity contribution in [3.63, 3.8) is 0 Å². The molecule has 0 aliphatic heterocycles. The topological polar surface area (TPSA) is 223 Å². The van der Waals surface area contributed by atoms with Crippen molar-refractivity contribution in [3.8, 4) is 12.3 Å². The highest BCUT2D eigenvalue weighted by molar-refractivity contribution is 6.09. The molecule has 0 aromatic heterocycles. The first-order valence-electron chi connectivity index (χ1n) is 16.5. The molecule has 264 valence electrons. The first kappa shape index (κ1) is 40.1. The molecule has 0 bridgehead atoms. The van der Waals surface area contributed by atoms with Crippen molar-refractivity contribution in [2.24, 2.45) is 17.4 Å². The molecular formula is C36H48N6O7. The lowest BCUT2D eigenvalue weighted by Crippen LogP contribution is -2.54. The third-order valence-corrected chi connectivity index (χ3v) is 7.89. The fourth-order valence-electron chi connectivity index (χ4n) is 5.11. The molecule has 2 aromatic carbocycles. The van der Waals surface area contributed by atoms with E-state index in [4.69, 9.17) is 23.1 Å². The minimum atomic E-state index is -1.18. The fraction of sp³-hybridized carbons (Fsp3) is 0.444. The van der Waals surface area contributed by atoms with E-state index in [1.54, 1.807) is 48.5 Å². The van der Waals surface area contributed by atoms with Gasteiger partial charge in [-0.15, -0.1) is 12.3 Å². The van der Waals surface area contributed by atoms with Gasteiger partial charge >= 0.3 is 0 Å². The number of nitrogens with one attached hydrogen (secondary N) is 4. The summed E-state index contributed by atoms with van der Waals surface area (Å²) in [6, 6.07) is 13.1. The quantitative estimate of drug-likeness (QED) is 0.0301. The van der Waals surface area contributed by atoms with Crippen LogP contribution in [0.1, 0.15) is 85.7 Å². The van der Waals surface area contributed by atoms with Gasteiger partial charge in [-0.1, -0.05) is 61.0 Å². The van der Waals surface area contributed by atoms with Crippen LogP contribution >= 0.6 is 0 Å². The van der Waals surface area contributed by atoms with Gasteiger partial charge in [-0.2, -0.15) is 0 Å². The molecule has 5 amide bonds. The fourth-order valence-corrected chi connectivity index (χ4v) is 5.11. The van der Waals surface area contributed by atoms with Crippen molar-refractivity contribution >= 4 is 35.3 Å². The summed E-state index contributed by atoms with van der Waals surface area (Å²) in [5.74, 6) is -1.47. The van der Waals surface area contributed by atoms with Crippen molar-refractivity contribution in [2.45, 2.75) is 82.7 Å². The number of terminal acetylenes is 1. The molecule has 0 aliphatic rings. The predicted octanol–water partition coefficient (Wildman–Crippen LogP) is 1.65. The number of rotatable bonds is 23. The van der Waals surface area contributed by atoms with Crippen LogP contribution in [0.2, 0.25) is 0 Å². The van der Waals surface area contributed by atoms with Crippen LogP contribution in [0.3, 0.4) is 0 Å². The van der Waals surface area contributed by atoms with Crippen LogP contribution in [0.4, 0.5) is 0 Å². The lowest BCUT2D eigenvalue weighted by atomic mass is 9.95. The van der Waals surface area contributed by atoms with Crippen LogP contribution in [0, 0.1) is 18.3 Å². The van der Waals surface area contributed by atoms with E-state index in [2.05, 4.69) is 21.9 Å². The second-order valence-electron chi connectivity index (χ2n) is 11.7. The average Bonchev–Trinajstić information content (AvgIpc) is 3.10. The Morgan fingerprint density at radius 1 is 0.776 bits per heavy atom. The minimum Gasteiger partial charge on any atom is -0.368 e. The van der Waals surface area contributed by atoms with Crippen LogP contribution in [0.15, 0.2) is 54.6 Å². The molecule has 0 aliphatic carbocycles. The Bertz CT molecular complexity index is 1430. The Balaban J connectivity index is 2.18. The number of nitrogens with two attached hydrogens (primary N) is 2. The first-order chi connectivity index (χ1) is 23.6. The van der Waals surface area contributed by atoms with Crippen LogP contribution < -0.4 is 32.9 Å². The van der Waals surface area contributed by atoms with E-state index in [9.17, 15) is 28.8 Å². The second kappa shape index (κ2) is 22.5. The lowest BCUT2D eigenvalue weighted by Gasteiger charge is -2.24. The Kier molecular flexibility index (Phi) is 18.4. The Morgan fingerprint density at radius 2 is 1.43 bits per heavy atom. The molecule has 13 nitrogen and oxygen atoms in total. The maximum absolute atomic E-state index is 13.6. The van der Waals surface area contributed by atoms with Crippen molar-refractivity contribution in [1.82, 2.24) is 21.4 Å². The maximum Gasteiger partial charge on any atom is 0.244 e. The summed E-state index contributed by atoms with van der Waals surface area (Å²) in [6.45, 7) is 0.768. The van der Waals surface area contributed by atoms with Crippen molar-refractivity contribution in [3.05, 3.63) is 71.3 Å². The smallest absolute Gasteiger partial charge is 0.244 e. The number of ketones is 1. The van der Waals surface area contributed by atoms with Crippen molar-refractivity contribution in [1.29, 1.82) is 0 Å². The standard InChI is InChI=1S/C36H48N6O7/c1-2-3-5-16-31(43)39-22-11-9-15-29(34(38)46)40-36(48)30(41-35(47)28(14-8-10-21-37)24-32(44)42-49)23-25-17-19-27(20-18-25)33(45)26-12-6-4-7-13-26/h1,4,6-7,12-13,17-20,28-30,49H,3,5,8-11,14-16,21-24,37H2,(H2,38,46)(H,39,43)(H,40,48)(H,41,47)(H,42,44)/t28-,29?,30+/m1/s1. The zero-order valence-electron chi connectivity index (χ0n) is 27.7. The van der Waals surface area contributed by atoms with Gasteiger partial charge in [0.25, 0.3) is 0 Å². The molecule has 9 N–H and O–H groups in total. The number of hydrogen-bond acceptors (Lipinski definition) is 8. The van der Waals surface area contributed by atoms with E-state index < -0.39 is 41.6 Å². The second-order valence-corrected chi connectivity index (χ2v) is 11.7. The number of benzene rings is 2. The summed E-state index contributed by atoms with van der Waals surface area (Å²) in [6.07, 6.45) is 8.94. The largest absolute Gasteiger partial charge is 0.368 e. The lowest BCUT2D eigenvalue weighted by molar-refractivity contribution is -0.136. The van der Waals surface area contributed by atoms with Crippen LogP contribution in [-0.4, -0.2) is 65.7 Å². The summed E-state index contributed by atoms with van der Waals surface area (Å²) in [5.41, 5.74) is 14.3. The van der Waals surface area contributed by atoms with Gasteiger partial charge in [-0.05, 0) is 50.6 Å². The van der Waals surface area contributed by atoms with Gasteiger partial charge in [0.1, 0.15) is 12.1 Å². The third kappa shape index (κ3) is 15.1. The number of carbonyl (C=O) groups excluding carboxylic acids is 6. The van der Waals surface area contributed by atoms with Gasteiger partial charge in [-0.3, -0.25) is 34.0 Å². The Labute approximate surface area is 287 Å². The molecule has 2 rings (SSSR count). The van der Waals surface area contributed by atoms with Crippen molar-refractivity contribution in [2.75, 3.05) is 13.1 Å². The van der Waals surface area contributed by atoms with Gasteiger partial charge in [0.15, 0.2) is 5.78 Å². The van der Waals surface area contributed by atoms with E-state index >= 15 is 0 Å². The summed E-state index contributed by atoms with van der Waals surface area (Å²) >= 11 is 0. The number of primary amides is 1. The highest BCUT2D eigenvalue weighted by atomic mass is 16.5. The van der Waals surface area contributed by atoms with E-state index in [1.807, 2.05) is 6.07 Å². The third-order valence-electron chi connectivity index (χ3n) is 7.89. The molecule has 1 unspecified atom stereocenters. The molecule has 0 spiro atoms. The maximum atomic E-state index is 13.6. The van der Waals surface area contributed by atoms with Gasteiger partial charge in [0, 0.05) is 49.3 Å². The molecule has 0 heterocycles. The molecule has 0 fully saturated rings. The van der Waals surface area contributed by atoms with Crippen LogP contribution in [0.5, 0.6) is 0 Å². The molecule has 13 heteroatoms. The number of unbranched alkanes of at least 4 members (excludes halogenated alkanes) is 3. The molecule has 3 atom stereocenters. The van der Waals surface area contributed by atoms with E-state index in [0.717, 1.165) is 0 Å². The highest BCUT2D eigenvalue weighted by Gasteiger charge is 2.29. The number of hydroxylamine groups is 1. The SMILES string of the molecule is C#CCCCC(=O)NCCCCC(NC(=O)[C@H](Cc1ccc(C(=O)c2ccccc2)cc1)NC(=O)[C@H](CCCCN)CC(=O)NO)C(N)=O. The number of amides is 5. The molecular weight excluding hydrogens is 628 g/mol. The molecule has 0 saturated heterocycles. The first-order valence-corrected chi connectivity index (χ1v) is 16.5. The highest BCUT2D eigenvalue weighted by Crippen LogP contribution is 2.16. The number of hydrogen-bond donors (Lipinski definition) is 7. The molecule has 0 saturated carbocycles. The Hall–Kier alpha value is -5.06. The van der Waals surface area contributed by atoms with Gasteiger partial charge in [-0.25, -0.2) is 5.48 Å². The average molecular weight is 677 g/mol. The minimum absolute atomic E-state index is 0.00368. The summed E-state index contributed by atoms with van der Waals surface area (Å²) in [4.78, 5) is 76.1. The predicted molar refractivity (Wildman–Crippen MR) is 184 cm³/mol. The van der Waals surface area contributed by atoms with Gasteiger partial charge in [0.05, 0.1) is 0 Å². The van der Waals surface area contributed by atoms with Gasteiger partial charge < -0.3 is 27.4 Å². The Morgan fingerprint density at radius 3 is 2.06 bits per heavy atom. The van der Waals surface area contributed by atoms with E-state index in [0.29, 0.717) is 74.7 Å². The number of carbonyl (C=O) groups is 6. The zero-order chi connectivity index (χ0) is 36.0. The van der Waals surface area contributed by atoms with Crippen molar-refractivity contribution < 1.29 is 34.0 Å². The van der Waals surface area contributed by atoms with E-state index in [1.165, 1.54) is 5.48 Å². The monoisotopic (exact) mass is 676 g/mol. The van der Waals surface area contributed by atoms with E-state index in [-0.39, 0.29) is 37.4 Å².